The molecule has 0 spiro atoms. The molecule has 3 nitrogen and oxygen atoms in total. The first-order chi connectivity index (χ1) is 13.1. The molecule has 0 aromatic carbocycles. The molecule has 4 heteroatoms. The van der Waals surface area contributed by atoms with E-state index in [1.807, 2.05) is 6.08 Å². The van der Waals surface area contributed by atoms with Gasteiger partial charge >= 0.3 is 0 Å². The van der Waals surface area contributed by atoms with E-state index < -0.39 is 10.1 Å². The van der Waals surface area contributed by atoms with Gasteiger partial charge in [-0.2, -0.15) is 8.42 Å². The zero-order valence-corrected chi connectivity index (χ0v) is 18.8. The van der Waals surface area contributed by atoms with E-state index in [4.69, 9.17) is 4.55 Å². The van der Waals surface area contributed by atoms with Crippen LogP contribution in [0.3, 0.4) is 0 Å². The molecule has 0 aliphatic rings. The highest BCUT2D eigenvalue weighted by atomic mass is 32.2. The van der Waals surface area contributed by atoms with Gasteiger partial charge in [-0.05, 0) is 25.7 Å². The second-order valence-corrected chi connectivity index (χ2v) is 9.56. The fourth-order valence-corrected chi connectivity index (χ4v) is 3.96. The number of hydrogen-bond acceptors (Lipinski definition) is 2. The number of unbranched alkanes of at least 4 members (excludes halogenated alkanes) is 17. The zero-order valence-electron chi connectivity index (χ0n) is 18.0. The summed E-state index contributed by atoms with van der Waals surface area (Å²) in [7, 11) is -3.78. The largest absolute Gasteiger partial charge is 0.286 e. The predicted molar refractivity (Wildman–Crippen MR) is 119 cm³/mol. The fraction of sp³-hybridized carbons (Fsp3) is 0.913. The van der Waals surface area contributed by atoms with Crippen LogP contribution in [0, 0.1) is 0 Å². The van der Waals surface area contributed by atoms with Crippen molar-refractivity contribution in [2.24, 2.45) is 0 Å². The molecule has 0 atom stereocenters. The summed E-state index contributed by atoms with van der Waals surface area (Å²) in [5.41, 5.74) is 0. The summed E-state index contributed by atoms with van der Waals surface area (Å²) in [5, 5.41) is 0. The van der Waals surface area contributed by atoms with Crippen LogP contribution >= 0.6 is 0 Å². The summed E-state index contributed by atoms with van der Waals surface area (Å²) in [6, 6.07) is 0. The van der Waals surface area contributed by atoms with Gasteiger partial charge in [-0.15, -0.1) is 0 Å². The van der Waals surface area contributed by atoms with Crippen LogP contribution < -0.4 is 0 Å². The van der Waals surface area contributed by atoms with Crippen molar-refractivity contribution in [1.29, 1.82) is 0 Å². The zero-order chi connectivity index (χ0) is 20.1. The van der Waals surface area contributed by atoms with Crippen LogP contribution in [-0.4, -0.2) is 18.7 Å². The van der Waals surface area contributed by atoms with Gasteiger partial charge in [0.15, 0.2) is 0 Å². The van der Waals surface area contributed by atoms with Crippen molar-refractivity contribution in [2.45, 2.75) is 129 Å². The molecule has 0 bridgehead atoms. The molecule has 0 fully saturated rings. The quantitative estimate of drug-likeness (QED) is 0.121. The molecule has 0 aromatic heterocycles. The Bertz CT molecular complexity index is 415. The standard InChI is InChI=1S/C23H46O3S/c1-2-3-4-5-6-7-8-9-10-11-12-13-14-15-16-17-18-19-20-21-22-23-27(24,25)26/h19-20H,2-18,21-23H2,1H3,(H,24,25,26)/b20-19+. The Morgan fingerprint density at radius 1 is 0.556 bits per heavy atom. The normalized spacial score (nSPS) is 12.2. The molecule has 0 aliphatic heterocycles. The van der Waals surface area contributed by atoms with Gasteiger partial charge in [0.05, 0.1) is 5.75 Å². The first-order valence-corrected chi connectivity index (χ1v) is 13.3. The lowest BCUT2D eigenvalue weighted by Crippen LogP contribution is -2.02. The number of allylic oxidation sites excluding steroid dienone is 2. The summed E-state index contributed by atoms with van der Waals surface area (Å²) in [6.07, 6.45) is 28.8. The van der Waals surface area contributed by atoms with E-state index in [1.54, 1.807) is 0 Å². The third-order valence-electron chi connectivity index (χ3n) is 5.16. The third-order valence-corrected chi connectivity index (χ3v) is 5.97. The van der Waals surface area contributed by atoms with Gasteiger partial charge in [0.1, 0.15) is 0 Å². The van der Waals surface area contributed by atoms with Crippen LogP contribution in [0.2, 0.25) is 0 Å². The lowest BCUT2D eigenvalue weighted by atomic mass is 10.0. The summed E-state index contributed by atoms with van der Waals surface area (Å²) < 4.78 is 29.8. The molecule has 0 amide bonds. The van der Waals surface area contributed by atoms with Gasteiger partial charge in [0, 0.05) is 0 Å². The molecule has 0 heterocycles. The average Bonchev–Trinajstić information content (AvgIpc) is 2.62. The summed E-state index contributed by atoms with van der Waals surface area (Å²) >= 11 is 0. The van der Waals surface area contributed by atoms with Crippen molar-refractivity contribution < 1.29 is 13.0 Å². The molecule has 0 aliphatic carbocycles. The molecule has 0 saturated carbocycles. The summed E-state index contributed by atoms with van der Waals surface area (Å²) in [5.74, 6) is -0.129. The minimum atomic E-state index is -3.78. The minimum Gasteiger partial charge on any atom is -0.286 e. The second-order valence-electron chi connectivity index (χ2n) is 7.99. The summed E-state index contributed by atoms with van der Waals surface area (Å²) in [4.78, 5) is 0. The Morgan fingerprint density at radius 2 is 0.889 bits per heavy atom. The second kappa shape index (κ2) is 20.4. The van der Waals surface area contributed by atoms with Crippen LogP contribution in [0.25, 0.3) is 0 Å². The van der Waals surface area contributed by atoms with Crippen molar-refractivity contribution in [2.75, 3.05) is 5.75 Å². The molecule has 0 unspecified atom stereocenters. The van der Waals surface area contributed by atoms with Gasteiger partial charge in [0.25, 0.3) is 10.1 Å². The van der Waals surface area contributed by atoms with E-state index >= 15 is 0 Å². The minimum absolute atomic E-state index is 0.129. The molecule has 0 aromatic rings. The van der Waals surface area contributed by atoms with Crippen molar-refractivity contribution in [1.82, 2.24) is 0 Å². The number of rotatable bonds is 21. The highest BCUT2D eigenvalue weighted by Crippen LogP contribution is 2.14. The maximum absolute atomic E-state index is 10.6. The van der Waals surface area contributed by atoms with Crippen molar-refractivity contribution >= 4 is 10.1 Å². The van der Waals surface area contributed by atoms with E-state index in [1.165, 1.54) is 103 Å². The van der Waals surface area contributed by atoms with Crippen LogP contribution in [0.15, 0.2) is 12.2 Å². The maximum Gasteiger partial charge on any atom is 0.264 e. The van der Waals surface area contributed by atoms with Crippen molar-refractivity contribution in [3.8, 4) is 0 Å². The van der Waals surface area contributed by atoms with Crippen LogP contribution in [0.4, 0.5) is 0 Å². The highest BCUT2D eigenvalue weighted by molar-refractivity contribution is 7.85. The van der Waals surface area contributed by atoms with E-state index in [0.717, 1.165) is 12.8 Å². The topological polar surface area (TPSA) is 54.4 Å². The maximum atomic E-state index is 10.6. The smallest absolute Gasteiger partial charge is 0.264 e. The van der Waals surface area contributed by atoms with Gasteiger partial charge in [-0.25, -0.2) is 0 Å². The first kappa shape index (κ1) is 26.6. The van der Waals surface area contributed by atoms with Crippen molar-refractivity contribution in [3.63, 3.8) is 0 Å². The van der Waals surface area contributed by atoms with Gasteiger partial charge in [0.2, 0.25) is 0 Å². The lowest BCUT2D eigenvalue weighted by molar-refractivity contribution is 0.481. The Kier molecular flexibility index (Phi) is 20.1. The van der Waals surface area contributed by atoms with Gasteiger partial charge < -0.3 is 0 Å². The lowest BCUT2D eigenvalue weighted by Gasteiger charge is -2.03. The average molecular weight is 403 g/mol. The molecule has 1 N–H and O–H groups in total. The molecule has 0 saturated heterocycles. The van der Waals surface area contributed by atoms with E-state index in [0.29, 0.717) is 6.42 Å². The van der Waals surface area contributed by atoms with Crippen LogP contribution in [-0.2, 0) is 10.1 Å². The predicted octanol–water partition coefficient (Wildman–Crippen LogP) is 7.86. The van der Waals surface area contributed by atoms with Crippen LogP contribution in [0.1, 0.15) is 129 Å². The monoisotopic (exact) mass is 402 g/mol. The van der Waals surface area contributed by atoms with Crippen LogP contribution in [0.5, 0.6) is 0 Å². The van der Waals surface area contributed by atoms with Gasteiger partial charge in [-0.3, -0.25) is 4.55 Å². The van der Waals surface area contributed by atoms with E-state index in [9.17, 15) is 8.42 Å². The van der Waals surface area contributed by atoms with E-state index in [-0.39, 0.29) is 5.75 Å². The molecule has 0 rings (SSSR count). The first-order valence-electron chi connectivity index (χ1n) is 11.7. The molecule has 0 radical (unpaired) electrons. The Balaban J connectivity index is 3.10. The Labute approximate surface area is 170 Å². The number of hydrogen-bond donors (Lipinski definition) is 1. The molecule has 27 heavy (non-hydrogen) atoms. The Morgan fingerprint density at radius 3 is 1.26 bits per heavy atom. The third kappa shape index (κ3) is 25.7. The molecular formula is C23H46O3S. The van der Waals surface area contributed by atoms with Crippen molar-refractivity contribution in [3.05, 3.63) is 12.2 Å². The molecular weight excluding hydrogens is 356 g/mol. The van der Waals surface area contributed by atoms with Gasteiger partial charge in [-0.1, -0.05) is 115 Å². The van der Waals surface area contributed by atoms with E-state index in [2.05, 4.69) is 13.0 Å². The fourth-order valence-electron chi connectivity index (χ4n) is 3.43. The highest BCUT2D eigenvalue weighted by Gasteiger charge is 2.01. The summed E-state index contributed by atoms with van der Waals surface area (Å²) in [6.45, 7) is 2.28. The Hall–Kier alpha value is -0.350. The SMILES string of the molecule is CCCCCCCCCCCCCCCCCC/C=C/CCCS(=O)(=O)O. The molecule has 162 valence electrons.